The van der Waals surface area contributed by atoms with Gasteiger partial charge in [0.05, 0.1) is 0 Å². The third kappa shape index (κ3) is 2.87. The highest BCUT2D eigenvalue weighted by molar-refractivity contribution is 5.79. The Morgan fingerprint density at radius 3 is 2.93 bits per heavy atom. The maximum absolute atomic E-state index is 11.3. The van der Waals surface area contributed by atoms with E-state index in [9.17, 15) is 4.79 Å². The lowest BCUT2D eigenvalue weighted by Crippen LogP contribution is -2.20. The zero-order valence-corrected chi connectivity index (χ0v) is 8.68. The minimum atomic E-state index is 0.109. The van der Waals surface area contributed by atoms with E-state index in [2.05, 4.69) is 18.8 Å². The molecular weight excluding hydrogens is 174 g/mol. The summed E-state index contributed by atoms with van der Waals surface area (Å²) in [6.07, 6.45) is 9.29. The van der Waals surface area contributed by atoms with Gasteiger partial charge in [0.1, 0.15) is 0 Å². The molecule has 0 fully saturated rings. The van der Waals surface area contributed by atoms with Gasteiger partial charge in [-0.15, -0.1) is 0 Å². The standard InChI is InChI=1S/C12H17NO/c1-3-5-8-11-10(4-2)7-6-9-12(14)13-11/h4-5,8H,2-3,6-7,9H2,1H3,(H,13,14)/b8-5-. The maximum atomic E-state index is 11.3. The Labute approximate surface area is 85.4 Å². The Morgan fingerprint density at radius 1 is 1.50 bits per heavy atom. The summed E-state index contributed by atoms with van der Waals surface area (Å²) in [5, 5.41) is 2.90. The van der Waals surface area contributed by atoms with Crippen LogP contribution in [0.2, 0.25) is 0 Å². The number of hydrogen-bond acceptors (Lipinski definition) is 1. The lowest BCUT2D eigenvalue weighted by atomic mass is 10.1. The predicted octanol–water partition coefficient (Wildman–Crippen LogP) is 2.69. The Morgan fingerprint density at radius 2 is 2.29 bits per heavy atom. The molecule has 0 atom stereocenters. The minimum absolute atomic E-state index is 0.109. The molecule has 0 unspecified atom stereocenters. The van der Waals surface area contributed by atoms with Crippen molar-refractivity contribution in [1.82, 2.24) is 5.32 Å². The molecule has 1 heterocycles. The zero-order valence-electron chi connectivity index (χ0n) is 8.68. The SMILES string of the molecule is C=CC1=C(/C=C\CC)NC(=O)CCC1. The monoisotopic (exact) mass is 191 g/mol. The van der Waals surface area contributed by atoms with Crippen LogP contribution in [0.1, 0.15) is 32.6 Å². The highest BCUT2D eigenvalue weighted by Crippen LogP contribution is 2.17. The molecule has 0 bridgehead atoms. The third-order valence-corrected chi connectivity index (χ3v) is 2.24. The fraction of sp³-hybridized carbons (Fsp3) is 0.417. The van der Waals surface area contributed by atoms with Gasteiger partial charge in [-0.05, 0) is 30.9 Å². The minimum Gasteiger partial charge on any atom is -0.326 e. The average Bonchev–Trinajstić information content (AvgIpc) is 2.36. The quantitative estimate of drug-likeness (QED) is 0.730. The normalized spacial score (nSPS) is 18.2. The molecule has 0 aromatic rings. The third-order valence-electron chi connectivity index (χ3n) is 2.24. The smallest absolute Gasteiger partial charge is 0.224 e. The first-order valence-corrected chi connectivity index (χ1v) is 5.10. The van der Waals surface area contributed by atoms with Crippen LogP contribution >= 0.6 is 0 Å². The van der Waals surface area contributed by atoms with E-state index in [-0.39, 0.29) is 5.91 Å². The Kier molecular flexibility index (Phi) is 4.17. The molecule has 1 N–H and O–H groups in total. The second-order valence-electron chi connectivity index (χ2n) is 3.36. The molecule has 1 rings (SSSR count). The average molecular weight is 191 g/mol. The summed E-state index contributed by atoms with van der Waals surface area (Å²) in [6, 6.07) is 0. The summed E-state index contributed by atoms with van der Waals surface area (Å²) in [5.41, 5.74) is 2.06. The van der Waals surface area contributed by atoms with Gasteiger partial charge in [-0.1, -0.05) is 25.7 Å². The summed E-state index contributed by atoms with van der Waals surface area (Å²) in [7, 11) is 0. The van der Waals surface area contributed by atoms with Crippen molar-refractivity contribution in [3.63, 3.8) is 0 Å². The van der Waals surface area contributed by atoms with E-state index in [4.69, 9.17) is 0 Å². The second kappa shape index (κ2) is 5.43. The molecule has 0 aromatic heterocycles. The molecule has 76 valence electrons. The van der Waals surface area contributed by atoms with E-state index in [1.807, 2.05) is 18.2 Å². The molecule has 0 spiro atoms. The number of nitrogens with one attached hydrogen (secondary N) is 1. The highest BCUT2D eigenvalue weighted by atomic mass is 16.1. The van der Waals surface area contributed by atoms with Crippen molar-refractivity contribution < 1.29 is 4.79 Å². The van der Waals surface area contributed by atoms with E-state index < -0.39 is 0 Å². The summed E-state index contributed by atoms with van der Waals surface area (Å²) < 4.78 is 0. The van der Waals surface area contributed by atoms with Gasteiger partial charge in [-0.2, -0.15) is 0 Å². The van der Waals surface area contributed by atoms with Crippen molar-refractivity contribution in [3.8, 4) is 0 Å². The molecule has 1 amide bonds. The van der Waals surface area contributed by atoms with Crippen LogP contribution in [0.5, 0.6) is 0 Å². The van der Waals surface area contributed by atoms with Crippen molar-refractivity contribution in [2.75, 3.05) is 0 Å². The number of carbonyl (C=O) groups excluding carboxylic acids is 1. The Bertz CT molecular complexity index is 287. The molecule has 0 aromatic carbocycles. The topological polar surface area (TPSA) is 29.1 Å². The van der Waals surface area contributed by atoms with Crippen LogP contribution in [0.15, 0.2) is 36.1 Å². The van der Waals surface area contributed by atoms with Crippen LogP contribution in [-0.2, 0) is 4.79 Å². The number of hydrogen-bond donors (Lipinski definition) is 1. The Balaban J connectivity index is 2.88. The van der Waals surface area contributed by atoms with Crippen molar-refractivity contribution in [1.29, 1.82) is 0 Å². The first-order valence-electron chi connectivity index (χ1n) is 5.10. The van der Waals surface area contributed by atoms with Gasteiger partial charge < -0.3 is 5.32 Å². The molecule has 1 aliphatic heterocycles. The molecule has 0 radical (unpaired) electrons. The molecule has 0 aliphatic carbocycles. The number of allylic oxidation sites excluding steroid dienone is 4. The van der Waals surface area contributed by atoms with Crippen molar-refractivity contribution in [2.24, 2.45) is 0 Å². The lowest BCUT2D eigenvalue weighted by Gasteiger charge is -2.05. The molecule has 2 nitrogen and oxygen atoms in total. The summed E-state index contributed by atoms with van der Waals surface area (Å²) in [5.74, 6) is 0.109. The van der Waals surface area contributed by atoms with Crippen LogP contribution in [-0.4, -0.2) is 5.91 Å². The van der Waals surface area contributed by atoms with Crippen LogP contribution in [0.4, 0.5) is 0 Å². The lowest BCUT2D eigenvalue weighted by molar-refractivity contribution is -0.120. The van der Waals surface area contributed by atoms with Crippen LogP contribution in [0.25, 0.3) is 0 Å². The first-order chi connectivity index (χ1) is 6.77. The fourth-order valence-electron chi connectivity index (χ4n) is 1.46. The molecule has 2 heteroatoms. The molecular formula is C12H17NO. The second-order valence-corrected chi connectivity index (χ2v) is 3.36. The predicted molar refractivity (Wildman–Crippen MR) is 58.6 cm³/mol. The van der Waals surface area contributed by atoms with Crippen LogP contribution in [0, 0.1) is 0 Å². The van der Waals surface area contributed by atoms with Gasteiger partial charge >= 0.3 is 0 Å². The number of rotatable bonds is 3. The fourth-order valence-corrected chi connectivity index (χ4v) is 1.46. The number of amides is 1. The summed E-state index contributed by atoms with van der Waals surface area (Å²) in [4.78, 5) is 11.3. The summed E-state index contributed by atoms with van der Waals surface area (Å²) in [6.45, 7) is 5.84. The van der Waals surface area contributed by atoms with Gasteiger partial charge in [-0.25, -0.2) is 0 Å². The van der Waals surface area contributed by atoms with Crippen LogP contribution in [0.3, 0.4) is 0 Å². The highest BCUT2D eigenvalue weighted by Gasteiger charge is 2.11. The van der Waals surface area contributed by atoms with Crippen molar-refractivity contribution in [2.45, 2.75) is 32.6 Å². The molecule has 1 aliphatic rings. The molecule has 0 saturated heterocycles. The number of carbonyl (C=O) groups is 1. The van der Waals surface area contributed by atoms with Gasteiger partial charge in [0.2, 0.25) is 5.91 Å². The zero-order chi connectivity index (χ0) is 10.4. The summed E-state index contributed by atoms with van der Waals surface area (Å²) >= 11 is 0. The van der Waals surface area contributed by atoms with E-state index >= 15 is 0 Å². The molecule has 0 saturated carbocycles. The van der Waals surface area contributed by atoms with Gasteiger partial charge in [0.25, 0.3) is 0 Å². The van der Waals surface area contributed by atoms with E-state index in [1.165, 1.54) is 0 Å². The maximum Gasteiger partial charge on any atom is 0.224 e. The van der Waals surface area contributed by atoms with Gasteiger partial charge in [0, 0.05) is 12.1 Å². The van der Waals surface area contributed by atoms with Crippen LogP contribution < -0.4 is 5.32 Å². The van der Waals surface area contributed by atoms with E-state index in [0.29, 0.717) is 6.42 Å². The molecule has 14 heavy (non-hydrogen) atoms. The van der Waals surface area contributed by atoms with Gasteiger partial charge in [0.15, 0.2) is 0 Å². The Hall–Kier alpha value is -1.31. The first kappa shape index (κ1) is 10.8. The largest absolute Gasteiger partial charge is 0.326 e. The van der Waals surface area contributed by atoms with Gasteiger partial charge in [-0.3, -0.25) is 4.79 Å². The van der Waals surface area contributed by atoms with Crippen molar-refractivity contribution >= 4 is 5.91 Å². The van der Waals surface area contributed by atoms with E-state index in [0.717, 1.165) is 30.5 Å². The van der Waals surface area contributed by atoms with E-state index in [1.54, 1.807) is 0 Å². The van der Waals surface area contributed by atoms with Crippen molar-refractivity contribution in [3.05, 3.63) is 36.1 Å².